The van der Waals surface area contributed by atoms with Crippen LogP contribution in [-0.4, -0.2) is 46.3 Å². The van der Waals surface area contributed by atoms with Crippen LogP contribution in [0.1, 0.15) is 36.8 Å². The Bertz CT molecular complexity index is 1190. The van der Waals surface area contributed by atoms with Gasteiger partial charge in [-0.2, -0.15) is 5.10 Å². The molecule has 3 atom stereocenters. The van der Waals surface area contributed by atoms with Gasteiger partial charge in [0, 0.05) is 41.0 Å². The Hall–Kier alpha value is -2.60. The number of hydrogen-bond acceptors (Lipinski definition) is 5. The topological polar surface area (TPSA) is 51.4 Å². The molecule has 1 saturated heterocycles. The summed E-state index contributed by atoms with van der Waals surface area (Å²) in [7, 11) is 0. The molecule has 0 aliphatic carbocycles. The van der Waals surface area contributed by atoms with Crippen molar-refractivity contribution in [1.29, 1.82) is 0 Å². The fourth-order valence-corrected chi connectivity index (χ4v) is 5.78. The Kier molecular flexibility index (Phi) is 5.81. The molecule has 2 aromatic rings. The minimum absolute atomic E-state index is 0.0353. The Morgan fingerprint density at radius 1 is 1.18 bits per heavy atom. The van der Waals surface area contributed by atoms with Crippen LogP contribution >= 0.6 is 23.2 Å². The number of hydrazone groups is 1. The van der Waals surface area contributed by atoms with Crippen LogP contribution in [0.3, 0.4) is 0 Å². The van der Waals surface area contributed by atoms with E-state index < -0.39 is 5.41 Å². The van der Waals surface area contributed by atoms with Gasteiger partial charge in [-0.15, -0.1) is 0 Å². The smallest absolute Gasteiger partial charge is 0.130 e. The summed E-state index contributed by atoms with van der Waals surface area (Å²) in [4.78, 5) is 7.10. The zero-order valence-corrected chi connectivity index (χ0v) is 20.0. The molecule has 0 saturated carbocycles. The summed E-state index contributed by atoms with van der Waals surface area (Å²) in [5.74, 6) is 0.977. The molecule has 7 heteroatoms. The van der Waals surface area contributed by atoms with Gasteiger partial charge in [0.15, 0.2) is 0 Å². The monoisotopic (exact) mass is 480 g/mol. The molecule has 170 valence electrons. The van der Waals surface area contributed by atoms with Gasteiger partial charge < -0.3 is 10.0 Å². The number of rotatable bonds is 5. The molecule has 1 fully saturated rings. The van der Waals surface area contributed by atoms with E-state index in [9.17, 15) is 5.11 Å². The van der Waals surface area contributed by atoms with Gasteiger partial charge in [-0.1, -0.05) is 60.5 Å². The van der Waals surface area contributed by atoms with Gasteiger partial charge in [-0.25, -0.2) is 0 Å². The summed E-state index contributed by atoms with van der Waals surface area (Å²) >= 11 is 12.8. The highest BCUT2D eigenvalue weighted by atomic mass is 35.5. The van der Waals surface area contributed by atoms with Gasteiger partial charge in [-0.3, -0.25) is 10.0 Å². The van der Waals surface area contributed by atoms with Crippen LogP contribution in [0.25, 0.3) is 0 Å². The van der Waals surface area contributed by atoms with Crippen LogP contribution in [-0.2, 0) is 5.41 Å². The van der Waals surface area contributed by atoms with Crippen LogP contribution in [0.15, 0.2) is 77.1 Å². The summed E-state index contributed by atoms with van der Waals surface area (Å²) in [6.07, 6.45) is 7.58. The molecule has 0 bridgehead atoms. The van der Waals surface area contributed by atoms with Crippen molar-refractivity contribution in [2.24, 2.45) is 10.1 Å². The lowest BCUT2D eigenvalue weighted by Crippen LogP contribution is -2.60. The van der Waals surface area contributed by atoms with E-state index in [0.717, 1.165) is 34.6 Å². The van der Waals surface area contributed by atoms with Crippen molar-refractivity contribution in [2.45, 2.75) is 37.1 Å². The van der Waals surface area contributed by atoms with Gasteiger partial charge in [0.25, 0.3) is 0 Å². The molecule has 33 heavy (non-hydrogen) atoms. The zero-order valence-electron chi connectivity index (χ0n) is 18.5. The van der Waals surface area contributed by atoms with E-state index >= 15 is 0 Å². The maximum Gasteiger partial charge on any atom is 0.130 e. The van der Waals surface area contributed by atoms with Crippen LogP contribution in [0.5, 0.6) is 0 Å². The van der Waals surface area contributed by atoms with E-state index in [-0.39, 0.29) is 18.6 Å². The molecule has 1 spiro atoms. The summed E-state index contributed by atoms with van der Waals surface area (Å²) in [5.41, 5.74) is 3.81. The van der Waals surface area contributed by atoms with E-state index in [4.69, 9.17) is 33.3 Å². The second-order valence-electron chi connectivity index (χ2n) is 8.69. The first-order chi connectivity index (χ1) is 16.0. The van der Waals surface area contributed by atoms with Crippen LogP contribution < -0.4 is 0 Å². The number of aliphatic hydroxyl groups is 1. The van der Waals surface area contributed by atoms with Gasteiger partial charge in [0.1, 0.15) is 5.84 Å². The number of nitrogens with zero attached hydrogens (tertiary/aromatic N) is 4. The molecular formula is C26H26Cl2N4O. The summed E-state index contributed by atoms with van der Waals surface area (Å²) in [5, 5.41) is 17.5. The van der Waals surface area contributed by atoms with Crippen molar-refractivity contribution in [1.82, 2.24) is 9.91 Å². The quantitative estimate of drug-likeness (QED) is 0.544. The molecule has 5 rings (SSSR count). The number of piperidine rings is 1. The van der Waals surface area contributed by atoms with Gasteiger partial charge in [0.05, 0.1) is 30.3 Å². The van der Waals surface area contributed by atoms with Crippen LogP contribution in [0.4, 0.5) is 5.69 Å². The van der Waals surface area contributed by atoms with Gasteiger partial charge in [0.2, 0.25) is 0 Å². The molecule has 3 aliphatic rings. The van der Waals surface area contributed by atoms with Crippen LogP contribution in [0.2, 0.25) is 10.0 Å². The van der Waals surface area contributed by atoms with E-state index in [1.165, 1.54) is 0 Å². The lowest BCUT2D eigenvalue weighted by atomic mass is 9.59. The zero-order chi connectivity index (χ0) is 23.2. The molecule has 1 N–H and O–H groups in total. The summed E-state index contributed by atoms with van der Waals surface area (Å²) < 4.78 is 0. The Balaban J connectivity index is 1.74. The Labute approximate surface area is 204 Å². The van der Waals surface area contributed by atoms with Crippen molar-refractivity contribution < 1.29 is 5.11 Å². The predicted molar refractivity (Wildman–Crippen MR) is 136 cm³/mol. The molecule has 3 heterocycles. The van der Waals surface area contributed by atoms with E-state index in [1.807, 2.05) is 36.5 Å². The number of benzene rings is 2. The molecular weight excluding hydrogens is 455 g/mol. The number of hydrogen-bond donors (Lipinski definition) is 1. The maximum atomic E-state index is 9.44. The number of aliphatic hydroxyl groups excluding tert-OH is 1. The van der Waals surface area contributed by atoms with E-state index in [0.29, 0.717) is 23.0 Å². The minimum atomic E-state index is -0.458. The number of aliphatic imine (C=N–C) groups is 1. The molecule has 2 aromatic carbocycles. The first-order valence-electron chi connectivity index (χ1n) is 11.2. The van der Waals surface area contributed by atoms with Crippen LogP contribution in [0, 0.1) is 0 Å². The van der Waals surface area contributed by atoms with Crippen molar-refractivity contribution in [3.05, 3.63) is 88.2 Å². The molecule has 5 nitrogen and oxygen atoms in total. The average Bonchev–Trinajstić information content (AvgIpc) is 3.17. The SMILES string of the molecule is C=C(CC)C1N2C=CN(CCO)N=C2CC(c2cccc(Cl)c2)C12C=Nc1cc(Cl)ccc12. The van der Waals surface area contributed by atoms with Crippen molar-refractivity contribution in [3.8, 4) is 0 Å². The van der Waals surface area contributed by atoms with E-state index in [1.54, 1.807) is 5.01 Å². The van der Waals surface area contributed by atoms with Crippen molar-refractivity contribution in [3.63, 3.8) is 0 Å². The van der Waals surface area contributed by atoms with Crippen molar-refractivity contribution >= 4 is 40.9 Å². The minimum Gasteiger partial charge on any atom is -0.394 e. The maximum absolute atomic E-state index is 9.44. The van der Waals surface area contributed by atoms with E-state index in [2.05, 4.69) is 42.9 Å². The summed E-state index contributed by atoms with van der Waals surface area (Å²) in [6, 6.07) is 14.0. The molecule has 3 unspecified atom stereocenters. The first kappa shape index (κ1) is 22.2. The highest BCUT2D eigenvalue weighted by Gasteiger charge is 2.56. The third-order valence-corrected chi connectivity index (χ3v) is 7.37. The Morgan fingerprint density at radius 2 is 2.00 bits per heavy atom. The third kappa shape index (κ3) is 3.59. The molecule has 3 aliphatic heterocycles. The molecule has 0 aromatic heterocycles. The summed E-state index contributed by atoms with van der Waals surface area (Å²) in [6.45, 7) is 7.12. The fraction of sp³-hybridized carbons (Fsp3) is 0.308. The standard InChI is InChI=1S/C26H26Cl2N4O/c1-3-17(2)25-26(16-29-23-14-20(28)7-8-21(23)26)22(18-5-4-6-19(27)13-18)15-24-30-31(11-12-33)9-10-32(24)25/h4-10,13-14,16,22,25,33H,2-3,11-12,15H2,1H3. The fourth-order valence-electron chi connectivity index (χ4n) is 5.41. The normalized spacial score (nSPS) is 25.3. The molecule has 0 radical (unpaired) electrons. The van der Waals surface area contributed by atoms with Gasteiger partial charge >= 0.3 is 0 Å². The average molecular weight is 481 g/mol. The Morgan fingerprint density at radius 3 is 2.76 bits per heavy atom. The van der Waals surface area contributed by atoms with Crippen molar-refractivity contribution in [2.75, 3.05) is 13.2 Å². The predicted octanol–water partition coefficient (Wildman–Crippen LogP) is 5.86. The number of halogens is 2. The first-order valence-corrected chi connectivity index (χ1v) is 11.9. The lowest BCUT2D eigenvalue weighted by molar-refractivity contribution is 0.210. The number of fused-ring (bicyclic) bond motifs is 3. The second kappa shape index (κ2) is 8.64. The number of amidine groups is 1. The number of β-amino-alcohol motifs (C(OH)–C–C–N with tert-alkyl or cyclic N) is 1. The highest BCUT2D eigenvalue weighted by Crippen LogP contribution is 2.56. The largest absolute Gasteiger partial charge is 0.394 e. The van der Waals surface area contributed by atoms with Gasteiger partial charge in [-0.05, 0) is 41.8 Å². The lowest BCUT2D eigenvalue weighted by Gasteiger charge is -2.53. The second-order valence-corrected chi connectivity index (χ2v) is 9.56. The highest BCUT2D eigenvalue weighted by molar-refractivity contribution is 6.31. The molecule has 0 amide bonds. The third-order valence-electron chi connectivity index (χ3n) is 6.90.